The molecule has 0 aromatic heterocycles. The summed E-state index contributed by atoms with van der Waals surface area (Å²) >= 11 is 0. The van der Waals surface area contributed by atoms with Crippen LogP contribution in [0.2, 0.25) is 0 Å². The number of halogens is 1. The number of rotatable bonds is 6. The zero-order valence-electron chi connectivity index (χ0n) is 15.8. The normalized spacial score (nSPS) is 16.3. The minimum Gasteiger partial charge on any atom is -0.449 e. The van der Waals surface area contributed by atoms with Crippen LogP contribution in [0, 0.1) is 5.82 Å². The number of hydrogen-bond acceptors (Lipinski definition) is 5. The summed E-state index contributed by atoms with van der Waals surface area (Å²) in [5, 5.41) is 2.62. The maximum absolute atomic E-state index is 12.9. The molecule has 1 atom stereocenters. The van der Waals surface area contributed by atoms with Crippen LogP contribution in [-0.2, 0) is 26.1 Å². The zero-order valence-corrected chi connectivity index (χ0v) is 16.6. The first-order chi connectivity index (χ1) is 13.8. The van der Waals surface area contributed by atoms with Crippen LogP contribution in [0.15, 0.2) is 48.5 Å². The van der Waals surface area contributed by atoms with E-state index in [4.69, 9.17) is 4.74 Å². The average Bonchev–Trinajstić information content (AvgIpc) is 3.06. The largest absolute Gasteiger partial charge is 0.449 e. The van der Waals surface area contributed by atoms with Crippen molar-refractivity contribution in [2.75, 3.05) is 16.6 Å². The van der Waals surface area contributed by atoms with Crippen LogP contribution in [-0.4, -0.2) is 38.7 Å². The quantitative estimate of drug-likeness (QED) is 0.724. The van der Waals surface area contributed by atoms with Crippen LogP contribution < -0.4 is 9.62 Å². The van der Waals surface area contributed by atoms with Gasteiger partial charge in [0.1, 0.15) is 5.82 Å². The Bertz CT molecular complexity index is 1010. The van der Waals surface area contributed by atoms with Gasteiger partial charge in [0.15, 0.2) is 6.10 Å². The Morgan fingerprint density at radius 2 is 1.93 bits per heavy atom. The van der Waals surface area contributed by atoms with Crippen LogP contribution in [0.5, 0.6) is 0 Å². The van der Waals surface area contributed by atoms with Gasteiger partial charge in [-0.25, -0.2) is 17.6 Å². The number of ether oxygens (including phenoxy) is 1. The van der Waals surface area contributed by atoms with Gasteiger partial charge in [0.2, 0.25) is 10.0 Å². The van der Waals surface area contributed by atoms with Crippen molar-refractivity contribution in [1.82, 2.24) is 5.32 Å². The van der Waals surface area contributed by atoms with Gasteiger partial charge in [0.25, 0.3) is 5.91 Å². The second-order valence-corrected chi connectivity index (χ2v) is 8.70. The fourth-order valence-electron chi connectivity index (χ4n) is 2.93. The average molecular weight is 420 g/mol. The first-order valence-electron chi connectivity index (χ1n) is 9.10. The summed E-state index contributed by atoms with van der Waals surface area (Å²) in [6.45, 7) is 1.97. The molecule has 1 fully saturated rings. The van der Waals surface area contributed by atoms with Crippen LogP contribution in [0.3, 0.4) is 0 Å². The number of hydrogen-bond donors (Lipinski definition) is 1. The molecule has 1 unspecified atom stereocenters. The number of carbonyl (C=O) groups is 2. The second-order valence-electron chi connectivity index (χ2n) is 6.68. The molecule has 2 aromatic rings. The number of nitrogens with zero attached hydrogens (tertiary/aromatic N) is 1. The van der Waals surface area contributed by atoms with Crippen molar-refractivity contribution >= 4 is 27.6 Å². The molecule has 1 N–H and O–H groups in total. The van der Waals surface area contributed by atoms with Crippen molar-refractivity contribution < 1.29 is 27.1 Å². The number of nitrogens with one attached hydrogen (secondary N) is 1. The lowest BCUT2D eigenvalue weighted by Gasteiger charge is -2.18. The van der Waals surface area contributed by atoms with E-state index in [1.807, 2.05) is 0 Å². The van der Waals surface area contributed by atoms with Crippen molar-refractivity contribution in [3.63, 3.8) is 0 Å². The third-order valence-corrected chi connectivity index (χ3v) is 6.37. The summed E-state index contributed by atoms with van der Waals surface area (Å²) in [6, 6.07) is 11.8. The van der Waals surface area contributed by atoms with E-state index in [9.17, 15) is 22.4 Å². The summed E-state index contributed by atoms with van der Waals surface area (Å²) in [5.74, 6) is -1.52. The lowest BCUT2D eigenvalue weighted by Crippen LogP contribution is -2.35. The minimum absolute atomic E-state index is 0.0763. The van der Waals surface area contributed by atoms with Gasteiger partial charge in [0, 0.05) is 13.1 Å². The number of amides is 1. The Hall–Kier alpha value is -2.94. The Labute approximate surface area is 168 Å². The van der Waals surface area contributed by atoms with Crippen LogP contribution in [0.1, 0.15) is 29.3 Å². The lowest BCUT2D eigenvalue weighted by atomic mass is 10.2. The molecular weight excluding hydrogens is 399 g/mol. The fraction of sp³-hybridized carbons (Fsp3) is 0.300. The molecule has 0 aliphatic carbocycles. The van der Waals surface area contributed by atoms with Crippen molar-refractivity contribution in [2.45, 2.75) is 26.0 Å². The first kappa shape index (κ1) is 20.8. The molecule has 154 valence electrons. The smallest absolute Gasteiger partial charge is 0.338 e. The van der Waals surface area contributed by atoms with Crippen LogP contribution in [0.4, 0.5) is 10.1 Å². The molecule has 1 aliphatic heterocycles. The lowest BCUT2D eigenvalue weighted by molar-refractivity contribution is -0.129. The van der Waals surface area contributed by atoms with Gasteiger partial charge in [-0.2, -0.15) is 0 Å². The van der Waals surface area contributed by atoms with E-state index in [2.05, 4.69) is 5.32 Å². The van der Waals surface area contributed by atoms with E-state index in [1.54, 1.807) is 24.3 Å². The van der Waals surface area contributed by atoms with E-state index in [0.29, 0.717) is 24.2 Å². The summed E-state index contributed by atoms with van der Waals surface area (Å²) in [7, 11) is -3.36. The van der Waals surface area contributed by atoms with E-state index >= 15 is 0 Å². The van der Waals surface area contributed by atoms with Crippen molar-refractivity contribution in [2.24, 2.45) is 0 Å². The summed E-state index contributed by atoms with van der Waals surface area (Å²) in [4.78, 5) is 24.5. The molecule has 0 radical (unpaired) electrons. The Morgan fingerprint density at radius 3 is 2.59 bits per heavy atom. The molecule has 29 heavy (non-hydrogen) atoms. The standard InChI is InChI=1S/C20H21FN2O5S/c1-14(19(24)22-13-15-6-8-17(21)9-7-15)28-20(25)16-4-2-5-18(12-16)23-10-3-11-29(23,26)27/h2,4-9,12,14H,3,10-11,13H2,1H3,(H,22,24). The first-order valence-corrected chi connectivity index (χ1v) is 10.7. The highest BCUT2D eigenvalue weighted by Crippen LogP contribution is 2.25. The SMILES string of the molecule is CC(OC(=O)c1cccc(N2CCCS2(=O)=O)c1)C(=O)NCc1ccc(F)cc1. The maximum Gasteiger partial charge on any atom is 0.338 e. The topological polar surface area (TPSA) is 92.8 Å². The maximum atomic E-state index is 12.9. The molecule has 1 saturated heterocycles. The van der Waals surface area contributed by atoms with E-state index in [-0.39, 0.29) is 23.7 Å². The highest BCUT2D eigenvalue weighted by molar-refractivity contribution is 7.93. The molecule has 0 bridgehead atoms. The fourth-order valence-corrected chi connectivity index (χ4v) is 4.49. The van der Waals surface area contributed by atoms with E-state index in [1.165, 1.54) is 35.5 Å². The monoisotopic (exact) mass is 420 g/mol. The minimum atomic E-state index is -3.36. The molecule has 7 nitrogen and oxygen atoms in total. The number of esters is 1. The van der Waals surface area contributed by atoms with Gasteiger partial charge < -0.3 is 10.1 Å². The molecule has 1 heterocycles. The predicted molar refractivity (Wildman–Crippen MR) is 105 cm³/mol. The molecule has 3 rings (SSSR count). The highest BCUT2D eigenvalue weighted by Gasteiger charge is 2.29. The van der Waals surface area contributed by atoms with Gasteiger partial charge in [-0.15, -0.1) is 0 Å². The second kappa shape index (κ2) is 8.60. The van der Waals surface area contributed by atoms with Crippen LogP contribution in [0.25, 0.3) is 0 Å². The van der Waals surface area contributed by atoms with Crippen molar-refractivity contribution in [3.05, 3.63) is 65.5 Å². The third kappa shape index (κ3) is 5.11. The molecule has 0 saturated carbocycles. The molecule has 0 spiro atoms. The molecule has 2 aromatic carbocycles. The number of anilines is 1. The summed E-state index contributed by atoms with van der Waals surface area (Å²) in [6.07, 6.45) is -0.524. The zero-order chi connectivity index (χ0) is 21.0. The third-order valence-electron chi connectivity index (χ3n) is 4.50. The molecule has 1 aliphatic rings. The summed E-state index contributed by atoms with van der Waals surface area (Å²) in [5.41, 5.74) is 1.26. The molecule has 9 heteroatoms. The van der Waals surface area contributed by atoms with Crippen molar-refractivity contribution in [1.29, 1.82) is 0 Å². The number of sulfonamides is 1. The Morgan fingerprint density at radius 1 is 1.21 bits per heavy atom. The Balaban J connectivity index is 1.60. The molecule has 1 amide bonds. The van der Waals surface area contributed by atoms with Gasteiger partial charge in [-0.1, -0.05) is 18.2 Å². The Kier molecular flexibility index (Phi) is 6.17. The van der Waals surface area contributed by atoms with E-state index in [0.717, 1.165) is 0 Å². The van der Waals surface area contributed by atoms with E-state index < -0.39 is 28.0 Å². The van der Waals surface area contributed by atoms with Gasteiger partial charge in [-0.3, -0.25) is 9.10 Å². The number of carbonyl (C=O) groups excluding carboxylic acids is 2. The highest BCUT2D eigenvalue weighted by atomic mass is 32.2. The number of benzene rings is 2. The molecular formula is C20H21FN2O5S. The summed E-state index contributed by atoms with van der Waals surface area (Å²) < 4.78 is 43.5. The van der Waals surface area contributed by atoms with Crippen LogP contribution >= 0.6 is 0 Å². The van der Waals surface area contributed by atoms with Gasteiger partial charge in [-0.05, 0) is 49.2 Å². The van der Waals surface area contributed by atoms with Crippen molar-refractivity contribution in [3.8, 4) is 0 Å². The predicted octanol–water partition coefficient (Wildman–Crippen LogP) is 2.23. The van der Waals surface area contributed by atoms with Gasteiger partial charge >= 0.3 is 5.97 Å². The van der Waals surface area contributed by atoms with Gasteiger partial charge in [0.05, 0.1) is 17.0 Å².